The van der Waals surface area contributed by atoms with Crippen LogP contribution in [-0.4, -0.2) is 42.5 Å². The number of benzene rings is 2. The van der Waals surface area contributed by atoms with Crippen LogP contribution in [0, 0.1) is 5.82 Å². The fourth-order valence-corrected chi connectivity index (χ4v) is 3.32. The maximum Gasteiger partial charge on any atom is 0.123 e. The fourth-order valence-electron chi connectivity index (χ4n) is 3.19. The van der Waals surface area contributed by atoms with E-state index >= 15 is 0 Å². The standard InChI is InChI=1S/C20H24ClFN2/c21-19-6-2-17(3-7-19)10-13-23-11-1-12-24(15-14-23)16-18-4-8-20(22)9-5-18/h2-9H,1,10-16H2. The predicted molar refractivity (Wildman–Crippen MR) is 97.9 cm³/mol. The van der Waals surface area contributed by atoms with Crippen molar-refractivity contribution in [2.75, 3.05) is 32.7 Å². The number of rotatable bonds is 5. The second kappa shape index (κ2) is 8.61. The fraction of sp³-hybridized carbons (Fsp3) is 0.400. The molecule has 0 saturated carbocycles. The molecule has 0 unspecified atom stereocenters. The highest BCUT2D eigenvalue weighted by Crippen LogP contribution is 2.13. The minimum atomic E-state index is -0.164. The maximum atomic E-state index is 13.0. The lowest BCUT2D eigenvalue weighted by Gasteiger charge is -2.22. The molecule has 2 aromatic carbocycles. The Morgan fingerprint density at radius 3 is 2.17 bits per heavy atom. The van der Waals surface area contributed by atoms with E-state index in [4.69, 9.17) is 11.6 Å². The summed E-state index contributed by atoms with van der Waals surface area (Å²) in [6, 6.07) is 15.0. The molecule has 2 aromatic rings. The van der Waals surface area contributed by atoms with Crippen LogP contribution in [0.2, 0.25) is 5.02 Å². The zero-order valence-corrected chi connectivity index (χ0v) is 14.7. The molecule has 3 rings (SSSR count). The van der Waals surface area contributed by atoms with Gasteiger partial charge in [0.1, 0.15) is 5.82 Å². The molecule has 1 aliphatic heterocycles. The van der Waals surface area contributed by atoms with Crippen LogP contribution in [0.4, 0.5) is 4.39 Å². The molecule has 2 nitrogen and oxygen atoms in total. The van der Waals surface area contributed by atoms with Gasteiger partial charge in [0.25, 0.3) is 0 Å². The molecule has 1 aliphatic rings. The normalized spacial score (nSPS) is 16.9. The molecular formula is C20H24ClFN2. The minimum Gasteiger partial charge on any atom is -0.302 e. The Hall–Kier alpha value is -1.42. The number of hydrogen-bond acceptors (Lipinski definition) is 2. The van der Waals surface area contributed by atoms with Gasteiger partial charge in [-0.1, -0.05) is 35.9 Å². The summed E-state index contributed by atoms with van der Waals surface area (Å²) in [6.45, 7) is 6.41. The molecule has 1 heterocycles. The molecule has 0 radical (unpaired) electrons. The van der Waals surface area contributed by atoms with Crippen molar-refractivity contribution in [1.82, 2.24) is 9.80 Å². The van der Waals surface area contributed by atoms with E-state index < -0.39 is 0 Å². The van der Waals surface area contributed by atoms with Crippen molar-refractivity contribution in [1.29, 1.82) is 0 Å². The van der Waals surface area contributed by atoms with Crippen molar-refractivity contribution in [3.63, 3.8) is 0 Å². The van der Waals surface area contributed by atoms with Crippen molar-refractivity contribution >= 4 is 11.6 Å². The van der Waals surface area contributed by atoms with Crippen LogP contribution in [-0.2, 0) is 13.0 Å². The van der Waals surface area contributed by atoms with Gasteiger partial charge in [-0.2, -0.15) is 0 Å². The SMILES string of the molecule is Fc1ccc(CN2CCCN(CCc3ccc(Cl)cc3)CC2)cc1. The van der Waals surface area contributed by atoms with E-state index in [1.54, 1.807) is 12.1 Å². The number of nitrogens with zero attached hydrogens (tertiary/aromatic N) is 2. The van der Waals surface area contributed by atoms with Gasteiger partial charge in [-0.25, -0.2) is 4.39 Å². The van der Waals surface area contributed by atoms with Crippen molar-refractivity contribution in [2.24, 2.45) is 0 Å². The highest BCUT2D eigenvalue weighted by atomic mass is 35.5. The van der Waals surface area contributed by atoms with Crippen molar-refractivity contribution in [3.05, 3.63) is 70.5 Å². The highest BCUT2D eigenvalue weighted by molar-refractivity contribution is 6.30. The topological polar surface area (TPSA) is 6.48 Å². The summed E-state index contributed by atoms with van der Waals surface area (Å²) in [4.78, 5) is 5.01. The molecular weight excluding hydrogens is 323 g/mol. The first-order valence-electron chi connectivity index (χ1n) is 8.63. The third-order valence-corrected chi connectivity index (χ3v) is 4.88. The second-order valence-corrected chi connectivity index (χ2v) is 6.91. The van der Waals surface area contributed by atoms with Gasteiger partial charge in [0, 0.05) is 31.2 Å². The van der Waals surface area contributed by atoms with Crippen molar-refractivity contribution < 1.29 is 4.39 Å². The molecule has 0 amide bonds. The van der Waals surface area contributed by atoms with Crippen LogP contribution in [0.25, 0.3) is 0 Å². The van der Waals surface area contributed by atoms with Crippen molar-refractivity contribution in [2.45, 2.75) is 19.4 Å². The number of hydrogen-bond donors (Lipinski definition) is 0. The van der Waals surface area contributed by atoms with Crippen LogP contribution in [0.15, 0.2) is 48.5 Å². The molecule has 0 aromatic heterocycles. The zero-order chi connectivity index (χ0) is 16.8. The van der Waals surface area contributed by atoms with Gasteiger partial charge >= 0.3 is 0 Å². The third kappa shape index (κ3) is 5.30. The van der Waals surface area contributed by atoms with Gasteiger partial charge in [-0.05, 0) is 61.3 Å². The average Bonchev–Trinajstić information content (AvgIpc) is 2.82. The van der Waals surface area contributed by atoms with Gasteiger partial charge in [-0.15, -0.1) is 0 Å². The Labute approximate surface area is 148 Å². The first kappa shape index (κ1) is 17.4. The zero-order valence-electron chi connectivity index (χ0n) is 13.9. The van der Waals surface area contributed by atoms with E-state index in [1.165, 1.54) is 17.5 Å². The largest absolute Gasteiger partial charge is 0.302 e. The van der Waals surface area contributed by atoms with E-state index in [0.717, 1.165) is 50.7 Å². The second-order valence-electron chi connectivity index (χ2n) is 6.47. The molecule has 0 N–H and O–H groups in total. The minimum absolute atomic E-state index is 0.164. The summed E-state index contributed by atoms with van der Waals surface area (Å²) in [5.41, 5.74) is 2.53. The Balaban J connectivity index is 1.46. The summed E-state index contributed by atoms with van der Waals surface area (Å²) in [5, 5.41) is 0.796. The van der Waals surface area contributed by atoms with E-state index in [9.17, 15) is 4.39 Å². The van der Waals surface area contributed by atoms with E-state index in [-0.39, 0.29) is 5.82 Å². The summed E-state index contributed by atoms with van der Waals surface area (Å²) in [7, 11) is 0. The molecule has 1 saturated heterocycles. The predicted octanol–water partition coefficient (Wildman–Crippen LogP) is 4.23. The van der Waals surface area contributed by atoms with E-state index in [0.29, 0.717) is 0 Å². The smallest absolute Gasteiger partial charge is 0.123 e. The maximum absolute atomic E-state index is 13.0. The van der Waals surface area contributed by atoms with Gasteiger partial charge in [-0.3, -0.25) is 4.90 Å². The molecule has 0 aliphatic carbocycles. The van der Waals surface area contributed by atoms with Crippen LogP contribution >= 0.6 is 11.6 Å². The van der Waals surface area contributed by atoms with Crippen molar-refractivity contribution in [3.8, 4) is 0 Å². The molecule has 4 heteroatoms. The monoisotopic (exact) mass is 346 g/mol. The lowest BCUT2D eigenvalue weighted by atomic mass is 10.1. The Kier molecular flexibility index (Phi) is 6.24. The summed E-state index contributed by atoms with van der Waals surface area (Å²) in [6.07, 6.45) is 2.25. The summed E-state index contributed by atoms with van der Waals surface area (Å²) < 4.78 is 13.0. The molecule has 0 spiro atoms. The highest BCUT2D eigenvalue weighted by Gasteiger charge is 2.14. The van der Waals surface area contributed by atoms with Gasteiger partial charge in [0.15, 0.2) is 0 Å². The van der Waals surface area contributed by atoms with Gasteiger partial charge in [0.05, 0.1) is 0 Å². The molecule has 0 atom stereocenters. The summed E-state index contributed by atoms with van der Waals surface area (Å²) >= 11 is 5.94. The average molecular weight is 347 g/mol. The quantitative estimate of drug-likeness (QED) is 0.799. The first-order valence-corrected chi connectivity index (χ1v) is 9.00. The Morgan fingerprint density at radius 2 is 1.42 bits per heavy atom. The molecule has 24 heavy (non-hydrogen) atoms. The lowest BCUT2D eigenvalue weighted by Crippen LogP contribution is -2.31. The van der Waals surface area contributed by atoms with Gasteiger partial charge in [0.2, 0.25) is 0 Å². The Bertz CT molecular complexity index is 627. The third-order valence-electron chi connectivity index (χ3n) is 4.63. The van der Waals surface area contributed by atoms with Crippen LogP contribution in [0.1, 0.15) is 17.5 Å². The van der Waals surface area contributed by atoms with E-state index in [2.05, 4.69) is 21.9 Å². The number of halogens is 2. The first-order chi connectivity index (χ1) is 11.7. The van der Waals surface area contributed by atoms with Crippen LogP contribution < -0.4 is 0 Å². The molecule has 1 fully saturated rings. The summed E-state index contributed by atoms with van der Waals surface area (Å²) in [5.74, 6) is -0.164. The molecule has 128 valence electrons. The van der Waals surface area contributed by atoms with Gasteiger partial charge < -0.3 is 4.90 Å². The Morgan fingerprint density at radius 1 is 0.792 bits per heavy atom. The van der Waals surface area contributed by atoms with E-state index in [1.807, 2.05) is 24.3 Å². The van der Waals surface area contributed by atoms with Crippen LogP contribution in [0.5, 0.6) is 0 Å². The van der Waals surface area contributed by atoms with Crippen LogP contribution in [0.3, 0.4) is 0 Å². The molecule has 0 bridgehead atoms. The lowest BCUT2D eigenvalue weighted by molar-refractivity contribution is 0.253.